The molecule has 3 fully saturated rings. The Morgan fingerprint density at radius 3 is 2.75 bits per heavy atom. The van der Waals surface area contributed by atoms with Crippen molar-refractivity contribution in [2.75, 3.05) is 6.61 Å². The molecule has 3 nitrogen and oxygen atoms in total. The van der Waals surface area contributed by atoms with Crippen LogP contribution in [0.25, 0.3) is 0 Å². The summed E-state index contributed by atoms with van der Waals surface area (Å²) in [4.78, 5) is 0. The highest BCUT2D eigenvalue weighted by atomic mass is 16.7. The Labute approximate surface area is 123 Å². The Morgan fingerprint density at radius 2 is 2.00 bits per heavy atom. The number of aliphatic hydroxyl groups excluding tert-OH is 1. The SMILES string of the molecule is C[C@@H]1CC[C@@H](OC2CCCCO2)[C@@H]2C[C@@H](O)CC[C@@]12C. The largest absolute Gasteiger partial charge is 0.393 e. The van der Waals surface area contributed by atoms with Gasteiger partial charge in [-0.05, 0) is 68.6 Å². The van der Waals surface area contributed by atoms with Gasteiger partial charge < -0.3 is 14.6 Å². The van der Waals surface area contributed by atoms with Crippen molar-refractivity contribution < 1.29 is 14.6 Å². The van der Waals surface area contributed by atoms with E-state index < -0.39 is 0 Å². The summed E-state index contributed by atoms with van der Waals surface area (Å²) in [5, 5.41) is 10.1. The molecule has 0 amide bonds. The molecule has 1 saturated heterocycles. The van der Waals surface area contributed by atoms with Crippen molar-refractivity contribution in [1.82, 2.24) is 0 Å². The fourth-order valence-electron chi connectivity index (χ4n) is 4.65. The maximum atomic E-state index is 10.1. The Morgan fingerprint density at radius 1 is 1.15 bits per heavy atom. The molecule has 0 aromatic rings. The quantitative estimate of drug-likeness (QED) is 0.842. The predicted octanol–water partition coefficient (Wildman–Crippen LogP) is 3.50. The summed E-state index contributed by atoms with van der Waals surface area (Å²) in [5.41, 5.74) is 0.344. The molecule has 0 aromatic heterocycles. The molecule has 2 saturated carbocycles. The van der Waals surface area contributed by atoms with Crippen LogP contribution >= 0.6 is 0 Å². The van der Waals surface area contributed by atoms with Crippen LogP contribution in [-0.2, 0) is 9.47 Å². The van der Waals surface area contributed by atoms with Gasteiger partial charge in [0.2, 0.25) is 0 Å². The van der Waals surface area contributed by atoms with Gasteiger partial charge in [-0.25, -0.2) is 0 Å². The fraction of sp³-hybridized carbons (Fsp3) is 1.00. The van der Waals surface area contributed by atoms with Gasteiger partial charge in [0.05, 0.1) is 12.2 Å². The first-order valence-electron chi connectivity index (χ1n) is 8.55. The minimum Gasteiger partial charge on any atom is -0.393 e. The first kappa shape index (κ1) is 14.8. The molecule has 116 valence electrons. The highest BCUT2D eigenvalue weighted by Gasteiger charge is 2.50. The normalized spacial score (nSPS) is 49.6. The molecule has 0 spiro atoms. The van der Waals surface area contributed by atoms with Crippen LogP contribution in [0.15, 0.2) is 0 Å². The van der Waals surface area contributed by atoms with Gasteiger partial charge in [-0.1, -0.05) is 13.8 Å². The zero-order valence-corrected chi connectivity index (χ0v) is 13.0. The first-order chi connectivity index (χ1) is 9.59. The fourth-order valence-corrected chi connectivity index (χ4v) is 4.65. The Bertz CT molecular complexity index is 326. The van der Waals surface area contributed by atoms with Crippen molar-refractivity contribution in [3.63, 3.8) is 0 Å². The lowest BCUT2D eigenvalue weighted by Gasteiger charge is -2.54. The summed E-state index contributed by atoms with van der Waals surface area (Å²) < 4.78 is 12.1. The molecular weight excluding hydrogens is 252 g/mol. The zero-order chi connectivity index (χ0) is 14.2. The topological polar surface area (TPSA) is 38.7 Å². The minimum absolute atomic E-state index is 0.00507. The van der Waals surface area contributed by atoms with E-state index >= 15 is 0 Å². The monoisotopic (exact) mass is 282 g/mol. The molecule has 0 aromatic carbocycles. The van der Waals surface area contributed by atoms with E-state index in [0.717, 1.165) is 44.6 Å². The summed E-state index contributed by atoms with van der Waals surface area (Å²) in [5.74, 6) is 1.24. The molecule has 1 aliphatic heterocycles. The van der Waals surface area contributed by atoms with Crippen LogP contribution < -0.4 is 0 Å². The van der Waals surface area contributed by atoms with Gasteiger partial charge in [0.15, 0.2) is 6.29 Å². The zero-order valence-electron chi connectivity index (χ0n) is 13.0. The molecule has 0 radical (unpaired) electrons. The van der Waals surface area contributed by atoms with E-state index in [0.29, 0.717) is 11.3 Å². The molecule has 1 N–H and O–H groups in total. The van der Waals surface area contributed by atoms with Crippen LogP contribution in [0, 0.1) is 17.3 Å². The van der Waals surface area contributed by atoms with Crippen LogP contribution in [0.4, 0.5) is 0 Å². The third kappa shape index (κ3) is 2.77. The average molecular weight is 282 g/mol. The van der Waals surface area contributed by atoms with E-state index in [1.165, 1.54) is 19.3 Å². The van der Waals surface area contributed by atoms with E-state index in [4.69, 9.17) is 9.47 Å². The van der Waals surface area contributed by atoms with E-state index in [-0.39, 0.29) is 18.5 Å². The van der Waals surface area contributed by atoms with Gasteiger partial charge in [-0.3, -0.25) is 0 Å². The van der Waals surface area contributed by atoms with Crippen LogP contribution in [0.2, 0.25) is 0 Å². The number of ether oxygens (including phenoxy) is 2. The third-order valence-electron chi connectivity index (χ3n) is 6.31. The second kappa shape index (κ2) is 5.94. The molecule has 0 bridgehead atoms. The molecule has 2 aliphatic carbocycles. The molecule has 1 heterocycles. The van der Waals surface area contributed by atoms with Crippen molar-refractivity contribution in [3.05, 3.63) is 0 Å². The van der Waals surface area contributed by atoms with Crippen molar-refractivity contribution in [3.8, 4) is 0 Å². The van der Waals surface area contributed by atoms with Crippen molar-refractivity contribution in [2.45, 2.75) is 83.7 Å². The van der Waals surface area contributed by atoms with Crippen LogP contribution in [-0.4, -0.2) is 30.2 Å². The minimum atomic E-state index is -0.128. The standard InChI is InChI=1S/C17H30O3/c1-12-6-7-15(20-16-5-3-4-10-19-16)14-11-13(18)8-9-17(12,14)2/h12-16,18H,3-11H2,1-2H3/t12-,13+,14+,15-,16?,17+/m1/s1. The number of aliphatic hydroxyl groups is 1. The second-order valence-corrected chi connectivity index (χ2v) is 7.49. The lowest BCUT2D eigenvalue weighted by Crippen LogP contribution is -2.51. The molecule has 20 heavy (non-hydrogen) atoms. The number of hydrogen-bond acceptors (Lipinski definition) is 3. The number of fused-ring (bicyclic) bond motifs is 1. The maximum absolute atomic E-state index is 10.1. The van der Waals surface area contributed by atoms with Gasteiger partial charge in [0.1, 0.15) is 0 Å². The Hall–Kier alpha value is -0.120. The van der Waals surface area contributed by atoms with Gasteiger partial charge in [-0.2, -0.15) is 0 Å². The highest BCUT2D eigenvalue weighted by molar-refractivity contribution is 4.99. The lowest BCUT2D eigenvalue weighted by molar-refractivity contribution is -0.229. The smallest absolute Gasteiger partial charge is 0.157 e. The number of hydrogen-bond donors (Lipinski definition) is 1. The molecule has 3 heteroatoms. The van der Waals surface area contributed by atoms with Gasteiger partial charge in [0.25, 0.3) is 0 Å². The van der Waals surface area contributed by atoms with Crippen molar-refractivity contribution in [2.24, 2.45) is 17.3 Å². The van der Waals surface area contributed by atoms with Crippen molar-refractivity contribution in [1.29, 1.82) is 0 Å². The van der Waals surface area contributed by atoms with E-state index in [1.807, 2.05) is 0 Å². The molecule has 1 unspecified atom stereocenters. The van der Waals surface area contributed by atoms with Gasteiger partial charge >= 0.3 is 0 Å². The van der Waals surface area contributed by atoms with Crippen LogP contribution in [0.3, 0.4) is 0 Å². The average Bonchev–Trinajstić information content (AvgIpc) is 2.46. The summed E-state index contributed by atoms with van der Waals surface area (Å²) in [6.07, 6.45) is 9.00. The summed E-state index contributed by atoms with van der Waals surface area (Å²) in [6.45, 7) is 5.65. The highest BCUT2D eigenvalue weighted by Crippen LogP contribution is 2.54. The van der Waals surface area contributed by atoms with Gasteiger partial charge in [0, 0.05) is 6.61 Å². The molecule has 6 atom stereocenters. The molecule has 3 aliphatic rings. The summed E-state index contributed by atoms with van der Waals surface area (Å²) in [7, 11) is 0. The molecule has 3 rings (SSSR count). The second-order valence-electron chi connectivity index (χ2n) is 7.49. The predicted molar refractivity (Wildman–Crippen MR) is 78.3 cm³/mol. The molecular formula is C17H30O3. The van der Waals surface area contributed by atoms with Gasteiger partial charge in [-0.15, -0.1) is 0 Å². The van der Waals surface area contributed by atoms with Crippen LogP contribution in [0.1, 0.15) is 65.2 Å². The van der Waals surface area contributed by atoms with E-state index in [2.05, 4.69) is 13.8 Å². The lowest BCUT2D eigenvalue weighted by atomic mass is 9.54. The number of rotatable bonds is 2. The van der Waals surface area contributed by atoms with E-state index in [9.17, 15) is 5.11 Å². The Kier molecular flexibility index (Phi) is 4.40. The Balaban J connectivity index is 1.69. The van der Waals surface area contributed by atoms with E-state index in [1.54, 1.807) is 0 Å². The maximum Gasteiger partial charge on any atom is 0.157 e. The summed E-state index contributed by atoms with van der Waals surface area (Å²) >= 11 is 0. The first-order valence-corrected chi connectivity index (χ1v) is 8.55. The van der Waals surface area contributed by atoms with Crippen LogP contribution in [0.5, 0.6) is 0 Å². The third-order valence-corrected chi connectivity index (χ3v) is 6.31. The van der Waals surface area contributed by atoms with Crippen molar-refractivity contribution >= 4 is 0 Å². The summed E-state index contributed by atoms with van der Waals surface area (Å²) in [6, 6.07) is 0.